The van der Waals surface area contributed by atoms with Crippen molar-refractivity contribution >= 4 is 27.3 Å². The van der Waals surface area contributed by atoms with E-state index in [2.05, 4.69) is 9.82 Å². The first kappa shape index (κ1) is 14.2. The Morgan fingerprint density at radius 2 is 2.24 bits per heavy atom. The molecule has 1 aliphatic heterocycles. The van der Waals surface area contributed by atoms with E-state index in [1.54, 1.807) is 22.9 Å². The third-order valence-electron chi connectivity index (χ3n) is 3.23. The average Bonchev–Trinajstić information content (AvgIpc) is 2.87. The minimum absolute atomic E-state index is 0.0406. The summed E-state index contributed by atoms with van der Waals surface area (Å²) >= 11 is 6.01. The number of hydrogen-bond donors (Lipinski definition) is 1. The van der Waals surface area contributed by atoms with Gasteiger partial charge >= 0.3 is 0 Å². The van der Waals surface area contributed by atoms with Gasteiger partial charge in [0.05, 0.1) is 18.5 Å². The zero-order valence-corrected chi connectivity index (χ0v) is 12.9. The van der Waals surface area contributed by atoms with Gasteiger partial charge in [-0.1, -0.05) is 17.7 Å². The first-order chi connectivity index (χ1) is 9.97. The fourth-order valence-electron chi connectivity index (χ4n) is 2.10. The van der Waals surface area contributed by atoms with Gasteiger partial charge in [-0.05, 0) is 24.6 Å². The molecule has 3 rings (SSSR count). The van der Waals surface area contributed by atoms with Crippen LogP contribution in [-0.2, 0) is 16.6 Å². The smallest absolute Gasteiger partial charge is 0.268 e. The highest BCUT2D eigenvalue weighted by atomic mass is 35.5. The minimum atomic E-state index is -3.76. The molecule has 0 unspecified atom stereocenters. The number of nitrogens with one attached hydrogen (secondary N) is 1. The molecule has 21 heavy (non-hydrogen) atoms. The molecule has 112 valence electrons. The summed E-state index contributed by atoms with van der Waals surface area (Å²) in [6, 6.07) is 4.99. The monoisotopic (exact) mass is 327 g/mol. The standard InChI is InChI=1S/C13H14ClN3O3S/c1-9-3-4-10(7-11(9)14)16-21(18,19)12-8-15-17-5-2-6-20-13(12)17/h3-4,7-8,16H,2,5-6H2,1H3. The molecular formula is C13H14ClN3O3S. The van der Waals surface area contributed by atoms with Gasteiger partial charge in [0, 0.05) is 18.0 Å². The molecule has 1 aromatic heterocycles. The van der Waals surface area contributed by atoms with Crippen LogP contribution in [0.15, 0.2) is 29.3 Å². The maximum atomic E-state index is 12.4. The Hall–Kier alpha value is -1.73. The van der Waals surface area contributed by atoms with Crippen LogP contribution in [0.25, 0.3) is 0 Å². The van der Waals surface area contributed by atoms with Crippen molar-refractivity contribution in [2.24, 2.45) is 0 Å². The summed E-state index contributed by atoms with van der Waals surface area (Å²) in [6.45, 7) is 2.99. The van der Waals surface area contributed by atoms with E-state index < -0.39 is 10.0 Å². The maximum Gasteiger partial charge on any atom is 0.268 e. The highest BCUT2D eigenvalue weighted by molar-refractivity contribution is 7.92. The summed E-state index contributed by atoms with van der Waals surface area (Å²) in [5.41, 5.74) is 1.28. The predicted octanol–water partition coefficient (Wildman–Crippen LogP) is 2.43. The van der Waals surface area contributed by atoms with Crippen LogP contribution in [0.5, 0.6) is 5.88 Å². The van der Waals surface area contributed by atoms with Crippen molar-refractivity contribution in [3.8, 4) is 5.88 Å². The van der Waals surface area contributed by atoms with E-state index in [1.807, 2.05) is 6.92 Å². The largest absolute Gasteiger partial charge is 0.477 e. The quantitative estimate of drug-likeness (QED) is 0.939. The summed E-state index contributed by atoms with van der Waals surface area (Å²) in [4.78, 5) is 0.0406. The molecule has 0 radical (unpaired) electrons. The summed E-state index contributed by atoms with van der Waals surface area (Å²) < 4.78 is 34.4. The van der Waals surface area contributed by atoms with E-state index in [9.17, 15) is 8.42 Å². The van der Waals surface area contributed by atoms with Crippen LogP contribution in [0.1, 0.15) is 12.0 Å². The number of sulfonamides is 1. The number of benzene rings is 1. The van der Waals surface area contributed by atoms with Crippen molar-refractivity contribution in [1.82, 2.24) is 9.78 Å². The van der Waals surface area contributed by atoms with Crippen LogP contribution in [-0.4, -0.2) is 24.8 Å². The lowest BCUT2D eigenvalue weighted by molar-refractivity contribution is 0.224. The van der Waals surface area contributed by atoms with Crippen LogP contribution in [0.2, 0.25) is 5.02 Å². The molecule has 0 amide bonds. The van der Waals surface area contributed by atoms with Gasteiger partial charge in [-0.15, -0.1) is 0 Å². The molecule has 0 atom stereocenters. The van der Waals surface area contributed by atoms with Gasteiger partial charge in [-0.25, -0.2) is 13.1 Å². The number of rotatable bonds is 3. The Morgan fingerprint density at radius 3 is 3.00 bits per heavy atom. The molecule has 0 saturated heterocycles. The van der Waals surface area contributed by atoms with Gasteiger partial charge in [0.2, 0.25) is 5.88 Å². The van der Waals surface area contributed by atoms with Crippen molar-refractivity contribution in [3.05, 3.63) is 35.0 Å². The van der Waals surface area contributed by atoms with Gasteiger partial charge < -0.3 is 4.74 Å². The van der Waals surface area contributed by atoms with Gasteiger partial charge in [0.15, 0.2) is 4.90 Å². The van der Waals surface area contributed by atoms with Crippen molar-refractivity contribution in [1.29, 1.82) is 0 Å². The fourth-order valence-corrected chi connectivity index (χ4v) is 3.40. The Balaban J connectivity index is 1.93. The lowest BCUT2D eigenvalue weighted by Gasteiger charge is -2.16. The molecule has 0 spiro atoms. The molecule has 2 aromatic rings. The van der Waals surface area contributed by atoms with Gasteiger partial charge in [-0.2, -0.15) is 5.10 Å². The molecule has 0 aliphatic carbocycles. The molecular weight excluding hydrogens is 314 g/mol. The normalized spacial score (nSPS) is 14.4. The molecule has 0 saturated carbocycles. The highest BCUT2D eigenvalue weighted by Gasteiger charge is 2.26. The van der Waals surface area contributed by atoms with E-state index in [4.69, 9.17) is 16.3 Å². The average molecular weight is 328 g/mol. The van der Waals surface area contributed by atoms with E-state index in [0.717, 1.165) is 12.0 Å². The van der Waals surface area contributed by atoms with Crippen LogP contribution in [0.4, 0.5) is 5.69 Å². The second-order valence-electron chi connectivity index (χ2n) is 4.81. The predicted molar refractivity (Wildman–Crippen MR) is 79.3 cm³/mol. The Labute approximate surface area is 127 Å². The van der Waals surface area contributed by atoms with Gasteiger partial charge in [-0.3, -0.25) is 4.72 Å². The number of aromatic nitrogens is 2. The summed E-state index contributed by atoms with van der Waals surface area (Å²) in [6.07, 6.45) is 2.12. The zero-order valence-electron chi connectivity index (χ0n) is 11.3. The van der Waals surface area contributed by atoms with E-state index in [0.29, 0.717) is 23.9 Å². The van der Waals surface area contributed by atoms with Crippen molar-refractivity contribution < 1.29 is 13.2 Å². The molecule has 1 N–H and O–H groups in total. The number of anilines is 1. The molecule has 1 aliphatic rings. The Kier molecular flexibility index (Phi) is 3.54. The third-order valence-corrected chi connectivity index (χ3v) is 5.00. The van der Waals surface area contributed by atoms with Crippen molar-refractivity contribution in [3.63, 3.8) is 0 Å². The number of aryl methyl sites for hydroxylation is 2. The molecule has 0 fully saturated rings. The van der Waals surface area contributed by atoms with Crippen LogP contribution >= 0.6 is 11.6 Å². The Morgan fingerprint density at radius 1 is 1.43 bits per heavy atom. The summed E-state index contributed by atoms with van der Waals surface area (Å²) in [5, 5.41) is 4.55. The fraction of sp³-hybridized carbons (Fsp3) is 0.308. The lowest BCUT2D eigenvalue weighted by Crippen LogP contribution is -2.18. The molecule has 2 heterocycles. The topological polar surface area (TPSA) is 73.2 Å². The summed E-state index contributed by atoms with van der Waals surface area (Å²) in [7, 11) is -3.76. The SMILES string of the molecule is Cc1ccc(NS(=O)(=O)c2cnn3c2OCCC3)cc1Cl. The van der Waals surface area contributed by atoms with Crippen LogP contribution in [0.3, 0.4) is 0 Å². The van der Waals surface area contributed by atoms with E-state index in [1.165, 1.54) is 6.20 Å². The van der Waals surface area contributed by atoms with Gasteiger partial charge in [0.1, 0.15) is 0 Å². The second kappa shape index (κ2) is 5.23. The van der Waals surface area contributed by atoms with Crippen molar-refractivity contribution in [2.75, 3.05) is 11.3 Å². The summed E-state index contributed by atoms with van der Waals surface area (Å²) in [5.74, 6) is 0.284. The second-order valence-corrected chi connectivity index (χ2v) is 6.87. The number of nitrogens with zero attached hydrogens (tertiary/aromatic N) is 2. The van der Waals surface area contributed by atoms with Crippen LogP contribution in [0, 0.1) is 6.92 Å². The first-order valence-corrected chi connectivity index (χ1v) is 8.31. The molecule has 0 bridgehead atoms. The van der Waals surface area contributed by atoms with Gasteiger partial charge in [0.25, 0.3) is 10.0 Å². The molecule has 1 aromatic carbocycles. The molecule has 8 heteroatoms. The zero-order chi connectivity index (χ0) is 15.0. The third kappa shape index (κ3) is 2.71. The number of halogens is 1. The minimum Gasteiger partial charge on any atom is -0.477 e. The Bertz CT molecular complexity index is 786. The van der Waals surface area contributed by atoms with Crippen LogP contribution < -0.4 is 9.46 Å². The van der Waals surface area contributed by atoms with E-state index in [-0.39, 0.29) is 10.8 Å². The molecule has 6 nitrogen and oxygen atoms in total. The van der Waals surface area contributed by atoms with E-state index >= 15 is 0 Å². The first-order valence-electron chi connectivity index (χ1n) is 6.45. The van der Waals surface area contributed by atoms with Crippen molar-refractivity contribution in [2.45, 2.75) is 24.8 Å². The number of fused-ring (bicyclic) bond motifs is 1. The maximum absolute atomic E-state index is 12.4. The number of ether oxygens (including phenoxy) is 1. The highest BCUT2D eigenvalue weighted by Crippen LogP contribution is 2.29. The number of hydrogen-bond acceptors (Lipinski definition) is 4. The lowest BCUT2D eigenvalue weighted by atomic mass is 10.2.